The normalized spacial score (nSPS) is 20.1. The Morgan fingerprint density at radius 3 is 1.07 bits per heavy atom. The molecule has 0 spiro atoms. The molecule has 0 unspecified atom stereocenters. The van der Waals surface area contributed by atoms with Crippen LogP contribution in [0, 0.1) is 34.0 Å². The third-order valence-corrected chi connectivity index (χ3v) is 26.9. The van der Waals surface area contributed by atoms with E-state index in [1.54, 1.807) is 93.6 Å². The van der Waals surface area contributed by atoms with Crippen molar-refractivity contribution in [2.45, 2.75) is 135 Å². The number of nitrogens with zero attached hydrogens (tertiary/aromatic N) is 14. The van der Waals surface area contributed by atoms with E-state index in [4.69, 9.17) is 125 Å². The first-order valence-electron chi connectivity index (χ1n) is 36.9. The third-order valence-electron chi connectivity index (χ3n) is 20.6. The zero-order valence-electron chi connectivity index (χ0n) is 65.5. The monoisotopic (exact) mass is 2020 g/mol. The Hall–Kier alpha value is -9.02. The smallest absolute Gasteiger partial charge is 0.278 e. The fraction of sp³-hybridized carbons (Fsp3) is 0.304. The van der Waals surface area contributed by atoms with Crippen LogP contribution in [0.2, 0.25) is 30.1 Å². The van der Waals surface area contributed by atoms with E-state index in [2.05, 4.69) is 54.2 Å². The van der Waals surface area contributed by atoms with Gasteiger partial charge in [0.25, 0.3) is 46.8 Å². The van der Waals surface area contributed by atoms with Crippen molar-refractivity contribution in [3.8, 4) is 18.2 Å². The van der Waals surface area contributed by atoms with Crippen molar-refractivity contribution in [3.05, 3.63) is 210 Å². The second-order valence-corrected chi connectivity index (χ2v) is 38.5. The number of carbonyl (C=O) groups is 7. The molecule has 3 fully saturated rings. The fourth-order valence-electron chi connectivity index (χ4n) is 15.1. The number of alkyl halides is 3. The molecule has 6 atom stereocenters. The van der Waals surface area contributed by atoms with Gasteiger partial charge in [-0.2, -0.15) is 24.4 Å². The highest BCUT2D eigenvalue weighted by molar-refractivity contribution is 14.1. The van der Waals surface area contributed by atoms with E-state index in [1.165, 1.54) is 96.1 Å². The Balaban J connectivity index is 0.000000181. The maximum Gasteiger partial charge on any atom is 0.278 e. The van der Waals surface area contributed by atoms with Crippen LogP contribution in [0.1, 0.15) is 99.6 Å². The summed E-state index contributed by atoms with van der Waals surface area (Å²) < 4.78 is 86.7. The summed E-state index contributed by atoms with van der Waals surface area (Å²) in [5, 5.41) is 33.6. The summed E-state index contributed by atoms with van der Waals surface area (Å²) in [5.74, 6) is -3.45. The highest BCUT2D eigenvalue weighted by Crippen LogP contribution is 2.50. The topological polar surface area (TPSA) is 439 Å². The minimum atomic E-state index is -4.38. The lowest BCUT2D eigenvalue weighted by Gasteiger charge is -2.29. The van der Waals surface area contributed by atoms with Crippen LogP contribution in [0.4, 0.5) is 34.9 Å². The van der Waals surface area contributed by atoms with Crippen molar-refractivity contribution in [3.63, 3.8) is 0 Å². The van der Waals surface area contributed by atoms with E-state index in [-0.39, 0.29) is 109 Å². The number of anilines is 6. The maximum absolute atomic E-state index is 14.2. The number of nitriles is 3. The van der Waals surface area contributed by atoms with E-state index in [0.29, 0.717) is 74.2 Å². The number of nitrogens with two attached hydrogens (primary N) is 2. The van der Waals surface area contributed by atoms with Gasteiger partial charge in [-0.3, -0.25) is 52.6 Å². The second kappa shape index (κ2) is 39.7. The number of primary amides is 2. The number of nitrogens with one attached hydrogen (secondary N) is 2. The second-order valence-electron chi connectivity index (χ2n) is 28.9. The molecule has 15 rings (SSSR count). The maximum atomic E-state index is 14.2. The van der Waals surface area contributed by atoms with Crippen LogP contribution in [-0.4, -0.2) is 152 Å². The number of benzene rings is 6. The lowest BCUT2D eigenvalue weighted by molar-refractivity contribution is -0.131. The van der Waals surface area contributed by atoms with E-state index in [9.17, 15) is 64.1 Å². The minimum Gasteiger partial charge on any atom is -0.368 e. The molecule has 123 heavy (non-hydrogen) atoms. The Morgan fingerprint density at radius 1 is 0.496 bits per heavy atom. The molecule has 9 aromatic rings. The number of amides is 7. The molecule has 6 N–H and O–H groups in total. The molecule has 7 amide bonds. The summed E-state index contributed by atoms with van der Waals surface area (Å²) in [5.41, 5.74) is 10.6. The molecule has 31 nitrogen and oxygen atoms in total. The number of imide groups is 1. The first-order chi connectivity index (χ1) is 58.1. The number of aromatic nitrogens is 6. The Kier molecular flexibility index (Phi) is 31.0. The third kappa shape index (κ3) is 20.3. The number of halogens is 10. The SMILES string of the molecule is CC(=O)NC(=O)[C@@H]1CCCN1S(=O)(=O)c1cnc2n1[C@](C)(Cc1ccc(C#N)cc1)C(=O)N2c1cc(Cl)cc(Cl)c1.CI.C[C@@]1(Cc2ccc(C#N)cc2)C(=O)N(c2cc(Cl)cc(Cl)c2)c2ncc(S(=O)(=O)Cl)n21.C[C@@]1(Cc2ccc(C#N)cc2)C(=O)N(c2cc(Cl)cc(Cl)c2)c2ncc(S(=O)(=O)N3CCC[C@H]3C(N)=O)n21.ClCCl.NC(=O)[C@@H]1CCCN1. The van der Waals surface area contributed by atoms with Gasteiger partial charge < -0.3 is 16.8 Å². The minimum absolute atomic E-state index is 0.0342. The quantitative estimate of drug-likeness (QED) is 0.0374. The van der Waals surface area contributed by atoms with Gasteiger partial charge in [-0.15, -0.1) is 23.2 Å². The van der Waals surface area contributed by atoms with Crippen LogP contribution >= 0.6 is 126 Å². The summed E-state index contributed by atoms with van der Waals surface area (Å²) in [6.45, 7) is 7.11. The highest BCUT2D eigenvalue weighted by Gasteiger charge is 2.57. The molecule has 0 radical (unpaired) electrons. The van der Waals surface area contributed by atoms with Crippen LogP contribution in [0.15, 0.2) is 161 Å². The fourth-order valence-corrected chi connectivity index (χ4v) is 21.4. The van der Waals surface area contributed by atoms with Crippen molar-refractivity contribution in [2.24, 2.45) is 11.5 Å². The van der Waals surface area contributed by atoms with Gasteiger partial charge in [0, 0.05) is 80.1 Å². The Bertz CT molecular complexity index is 6070. The number of fused-ring (bicyclic) bond motifs is 3. The van der Waals surface area contributed by atoms with Crippen molar-refractivity contribution in [2.75, 3.05) is 44.6 Å². The molecule has 44 heteroatoms. The zero-order chi connectivity index (χ0) is 90.3. The number of hydrogen-bond acceptors (Lipinski definition) is 20. The molecule has 6 aliphatic rings. The lowest BCUT2D eigenvalue weighted by Crippen LogP contribution is -2.48. The van der Waals surface area contributed by atoms with Gasteiger partial charge in [0.15, 0.2) is 15.1 Å². The molecule has 9 heterocycles. The molecule has 6 aromatic carbocycles. The van der Waals surface area contributed by atoms with Gasteiger partial charge in [-0.05, 0) is 178 Å². The average Bonchev–Trinajstić information content (AvgIpc) is 1.56. The summed E-state index contributed by atoms with van der Waals surface area (Å²) in [7, 11) is -7.21. The molecule has 3 saturated heterocycles. The number of imidazole rings is 3. The van der Waals surface area contributed by atoms with Crippen molar-refractivity contribution < 1.29 is 58.8 Å². The van der Waals surface area contributed by atoms with Crippen molar-refractivity contribution in [1.29, 1.82) is 15.8 Å². The van der Waals surface area contributed by atoms with E-state index >= 15 is 0 Å². The van der Waals surface area contributed by atoms with Gasteiger partial charge >= 0.3 is 0 Å². The molecule has 0 saturated carbocycles. The van der Waals surface area contributed by atoms with Crippen LogP contribution < -0.4 is 36.8 Å². The predicted octanol–water partition coefficient (Wildman–Crippen LogP) is 13.2. The Morgan fingerprint density at radius 2 is 0.797 bits per heavy atom. The van der Waals surface area contributed by atoms with E-state index < -0.39 is 93.2 Å². The molecule has 646 valence electrons. The van der Waals surface area contributed by atoms with Gasteiger partial charge in [0.2, 0.25) is 41.5 Å². The number of carbonyl (C=O) groups excluding carboxylic acids is 7. The summed E-state index contributed by atoms with van der Waals surface area (Å²) in [6.07, 6.45) is 7.14. The summed E-state index contributed by atoms with van der Waals surface area (Å²) in [4.78, 5) is 107. The molecular weight excluding hydrogens is 1950 g/mol. The molecule has 3 aromatic heterocycles. The van der Waals surface area contributed by atoms with Gasteiger partial charge in [0.1, 0.15) is 28.7 Å². The molecular formula is C79H74Cl9IN18O13S3. The van der Waals surface area contributed by atoms with E-state index in [1.807, 2.05) is 17.1 Å². The summed E-state index contributed by atoms with van der Waals surface area (Å²) >= 11 is 48.8. The lowest BCUT2D eigenvalue weighted by atomic mass is 9.91. The first-order valence-corrected chi connectivity index (χ1v) is 47.5. The molecule has 6 aliphatic heterocycles. The summed E-state index contributed by atoms with van der Waals surface area (Å²) in [6, 6.07) is 37.7. The number of sulfonamides is 2. The highest BCUT2D eigenvalue weighted by atomic mass is 127. The van der Waals surface area contributed by atoms with Gasteiger partial charge in [-0.1, -0.05) is 129 Å². The first kappa shape index (κ1) is 96.2. The van der Waals surface area contributed by atoms with Crippen molar-refractivity contribution >= 4 is 231 Å². The molecule has 0 bridgehead atoms. The largest absolute Gasteiger partial charge is 0.368 e. The van der Waals surface area contributed by atoms with Crippen molar-refractivity contribution in [1.82, 2.24) is 47.9 Å². The standard InChI is InChI=1S/C27H24Cl2N6O5S.C25H22Cl2N6O4S.C20H13Cl3N4O3S.C5H10N2O.CH2Cl2.CH3I/c1-16(36)32-24(37)22-4-3-9-33(22)41(39,40)23-15-31-26-34(21-11-19(28)10-20(29)12-21)25(38)27(2,35(23)26)13-17-5-7-18(14-30)8-6-17;1-25(12-15-4-6-16(13-28)7-5-15)23(35)32(19-10-17(26)9-18(27)11-19)24-30-14-21(33(24)25)38(36,37)31-8-2-3-20(31)22(29)34;1-20(9-12-2-4-13(10-24)5-3-12)18(28)26(16-7-14(21)6-15(22)8-16)19-25-11-17(27(19)20)31(23,29)30;6-5(8)4-2-1-3-7-4;2-1-3;1-2/h5-8,10-12,15,22H,3-4,9,13H2,1-2H3,(H,32,36,37);4-7,9-11,14,20H,2-3,8,12H2,1H3,(H2,29,34);2-8,11H,9H2,1H3;4,7H,1-3H2,(H2,6,8);1H2;1H3/t22-,27+;20-,25+;20-;4-;;/m0010../s1. The van der Waals surface area contributed by atoms with Gasteiger partial charge in [0.05, 0.1) is 81.9 Å². The van der Waals surface area contributed by atoms with Crippen LogP contribution in [0.25, 0.3) is 0 Å². The average molecular weight is 2030 g/mol. The van der Waals surface area contributed by atoms with Crippen LogP contribution in [0.3, 0.4) is 0 Å². The number of rotatable bonds is 17. The number of hydrogen-bond donors (Lipinski definition) is 4. The predicted molar refractivity (Wildman–Crippen MR) is 475 cm³/mol. The van der Waals surface area contributed by atoms with Gasteiger partial charge in [-0.25, -0.2) is 54.9 Å². The van der Waals surface area contributed by atoms with Crippen LogP contribution in [-0.2, 0) is 98.5 Å². The van der Waals surface area contributed by atoms with E-state index in [0.717, 1.165) is 46.0 Å². The molecule has 0 aliphatic carbocycles. The zero-order valence-corrected chi connectivity index (χ0v) is 76.9. The van der Waals surface area contributed by atoms with Crippen LogP contribution in [0.5, 0.6) is 0 Å². The Labute approximate surface area is 766 Å².